The van der Waals surface area contributed by atoms with Gasteiger partial charge in [0.2, 0.25) is 0 Å². The Morgan fingerprint density at radius 2 is 2.35 bits per heavy atom. The number of hydrogen-bond acceptors (Lipinski definition) is 3. The quantitative estimate of drug-likeness (QED) is 0.822. The van der Waals surface area contributed by atoms with Crippen molar-refractivity contribution in [2.45, 2.75) is 39.2 Å². The molecule has 0 amide bonds. The molecule has 2 atom stereocenters. The number of aromatic carboxylic acids is 1. The Hall–Kier alpha value is -1.58. The third-order valence-corrected chi connectivity index (χ3v) is 3.12. The number of hydrogen-bond donors (Lipinski definition) is 2. The molecule has 2 N–H and O–H groups in total. The monoisotopic (exact) mass is 234 g/mol. The minimum Gasteiger partial charge on any atom is -0.478 e. The molecule has 2 rings (SSSR count). The molecule has 17 heavy (non-hydrogen) atoms. The van der Waals surface area contributed by atoms with Crippen LogP contribution in [0.15, 0.2) is 12.1 Å². The lowest BCUT2D eigenvalue weighted by Crippen LogP contribution is -2.08. The smallest absolute Gasteiger partial charge is 0.335 e. The van der Waals surface area contributed by atoms with Gasteiger partial charge in [-0.1, -0.05) is 13.3 Å². The first-order chi connectivity index (χ1) is 8.10. The second kappa shape index (κ2) is 4.73. The summed E-state index contributed by atoms with van der Waals surface area (Å²) in [6.07, 6.45) is 3.60. The van der Waals surface area contributed by atoms with E-state index in [-0.39, 0.29) is 0 Å². The summed E-state index contributed by atoms with van der Waals surface area (Å²) in [6.45, 7) is 4.00. The Kier molecular flexibility index (Phi) is 3.31. The molecule has 4 nitrogen and oxygen atoms in total. The van der Waals surface area contributed by atoms with Crippen LogP contribution in [-0.4, -0.2) is 22.1 Å². The molecule has 0 saturated heterocycles. The summed E-state index contributed by atoms with van der Waals surface area (Å²) in [4.78, 5) is 15.2. The molecule has 2 unspecified atom stereocenters. The maximum atomic E-state index is 10.9. The van der Waals surface area contributed by atoms with E-state index in [0.29, 0.717) is 17.4 Å². The second-order valence-electron chi connectivity index (χ2n) is 4.72. The van der Waals surface area contributed by atoms with Gasteiger partial charge in [-0.2, -0.15) is 0 Å². The summed E-state index contributed by atoms with van der Waals surface area (Å²) < 4.78 is 0. The largest absolute Gasteiger partial charge is 0.478 e. The van der Waals surface area contributed by atoms with E-state index in [2.05, 4.69) is 17.2 Å². The minimum absolute atomic E-state index is 0.299. The average Bonchev–Trinajstić information content (AvgIpc) is 2.96. The van der Waals surface area contributed by atoms with Crippen molar-refractivity contribution < 1.29 is 9.90 Å². The highest BCUT2D eigenvalue weighted by molar-refractivity contribution is 5.88. The zero-order valence-electron chi connectivity index (χ0n) is 10.2. The van der Waals surface area contributed by atoms with Crippen LogP contribution in [0.2, 0.25) is 0 Å². The predicted octanol–water partition coefficient (Wildman–Crippen LogP) is 2.69. The van der Waals surface area contributed by atoms with Crippen LogP contribution in [0.5, 0.6) is 0 Å². The lowest BCUT2D eigenvalue weighted by molar-refractivity contribution is 0.0696. The number of anilines is 1. The third-order valence-electron chi connectivity index (χ3n) is 3.12. The van der Waals surface area contributed by atoms with Gasteiger partial charge >= 0.3 is 5.97 Å². The molecule has 1 aliphatic carbocycles. The molecule has 1 aliphatic rings. The number of carboxylic acid groups (broad SMARTS) is 1. The lowest BCUT2D eigenvalue weighted by atomic mass is 10.2. The van der Waals surface area contributed by atoms with Crippen LogP contribution < -0.4 is 5.32 Å². The molecule has 0 aromatic carbocycles. The molecule has 1 fully saturated rings. The van der Waals surface area contributed by atoms with Crippen LogP contribution in [-0.2, 0) is 0 Å². The van der Waals surface area contributed by atoms with Crippen molar-refractivity contribution in [2.24, 2.45) is 5.92 Å². The number of rotatable bonds is 5. The minimum atomic E-state index is -0.903. The van der Waals surface area contributed by atoms with E-state index in [0.717, 1.165) is 11.6 Å². The Morgan fingerprint density at radius 3 is 3.00 bits per heavy atom. The van der Waals surface area contributed by atoms with Crippen LogP contribution in [0.1, 0.15) is 42.2 Å². The number of nitrogens with zero attached hydrogens (tertiary/aromatic N) is 1. The van der Waals surface area contributed by atoms with E-state index >= 15 is 0 Å². The van der Waals surface area contributed by atoms with Crippen molar-refractivity contribution >= 4 is 11.8 Å². The van der Waals surface area contributed by atoms with E-state index < -0.39 is 5.97 Å². The highest BCUT2D eigenvalue weighted by Gasteiger charge is 2.36. The number of carboxylic acids is 1. The summed E-state index contributed by atoms with van der Waals surface area (Å²) in [5.41, 5.74) is 1.03. The Balaban J connectivity index is 2.04. The number of aromatic nitrogens is 1. The van der Waals surface area contributed by atoms with Gasteiger partial charge in [0.1, 0.15) is 5.82 Å². The van der Waals surface area contributed by atoms with Crippen molar-refractivity contribution in [2.75, 3.05) is 5.32 Å². The third kappa shape index (κ3) is 2.96. The Bertz CT molecular complexity index is 431. The van der Waals surface area contributed by atoms with Gasteiger partial charge in [0.25, 0.3) is 0 Å². The molecule has 0 bridgehead atoms. The molecule has 0 aliphatic heterocycles. The van der Waals surface area contributed by atoms with Crippen molar-refractivity contribution in [3.05, 3.63) is 23.4 Å². The molecule has 0 radical (unpaired) electrons. The van der Waals surface area contributed by atoms with Crippen molar-refractivity contribution in [3.8, 4) is 0 Å². The number of carbonyl (C=O) groups is 1. The molecular weight excluding hydrogens is 216 g/mol. The Morgan fingerprint density at radius 1 is 1.59 bits per heavy atom. The van der Waals surface area contributed by atoms with Crippen molar-refractivity contribution in [3.63, 3.8) is 0 Å². The van der Waals surface area contributed by atoms with Gasteiger partial charge in [-0.25, -0.2) is 9.78 Å². The highest BCUT2D eigenvalue weighted by Crippen LogP contribution is 2.36. The van der Waals surface area contributed by atoms with E-state index in [4.69, 9.17) is 5.11 Å². The SMILES string of the molecule is CCCC1CC1Nc1cc(C(=O)O)cc(C)n1. The first-order valence-electron chi connectivity index (χ1n) is 6.08. The molecular formula is C13H18N2O2. The van der Waals surface area contributed by atoms with E-state index in [1.54, 1.807) is 12.1 Å². The van der Waals surface area contributed by atoms with Crippen LogP contribution in [0.3, 0.4) is 0 Å². The highest BCUT2D eigenvalue weighted by atomic mass is 16.4. The molecule has 4 heteroatoms. The topological polar surface area (TPSA) is 62.2 Å². The first-order valence-corrected chi connectivity index (χ1v) is 6.08. The van der Waals surface area contributed by atoms with Crippen molar-refractivity contribution in [1.82, 2.24) is 4.98 Å². The fourth-order valence-corrected chi connectivity index (χ4v) is 2.17. The van der Waals surface area contributed by atoms with Crippen LogP contribution >= 0.6 is 0 Å². The molecule has 1 heterocycles. The molecule has 0 spiro atoms. The zero-order valence-corrected chi connectivity index (χ0v) is 10.2. The zero-order chi connectivity index (χ0) is 12.4. The summed E-state index contributed by atoms with van der Waals surface area (Å²) in [6, 6.07) is 3.67. The number of nitrogens with one attached hydrogen (secondary N) is 1. The average molecular weight is 234 g/mol. The van der Waals surface area contributed by atoms with Crippen LogP contribution in [0, 0.1) is 12.8 Å². The fraction of sp³-hybridized carbons (Fsp3) is 0.538. The lowest BCUT2D eigenvalue weighted by Gasteiger charge is -2.07. The summed E-state index contributed by atoms with van der Waals surface area (Å²) in [5, 5.41) is 12.3. The van der Waals surface area contributed by atoms with Gasteiger partial charge in [0.15, 0.2) is 0 Å². The summed E-state index contributed by atoms with van der Waals surface area (Å²) >= 11 is 0. The van der Waals surface area contributed by atoms with E-state index in [9.17, 15) is 4.79 Å². The summed E-state index contributed by atoms with van der Waals surface area (Å²) in [5.74, 6) is 0.515. The van der Waals surface area contributed by atoms with E-state index in [1.807, 2.05) is 6.92 Å². The molecule has 1 aromatic heterocycles. The number of pyridine rings is 1. The van der Waals surface area contributed by atoms with Gasteiger partial charge in [0, 0.05) is 11.7 Å². The standard InChI is InChI=1S/C13H18N2O2/c1-3-4-9-6-11(9)15-12-7-10(13(16)17)5-8(2)14-12/h5,7,9,11H,3-4,6H2,1-2H3,(H,14,15)(H,16,17). The van der Waals surface area contributed by atoms with Gasteiger partial charge < -0.3 is 10.4 Å². The second-order valence-corrected chi connectivity index (χ2v) is 4.72. The van der Waals surface area contributed by atoms with Gasteiger partial charge in [0.05, 0.1) is 5.56 Å². The predicted molar refractivity (Wildman–Crippen MR) is 66.4 cm³/mol. The molecule has 92 valence electrons. The molecule has 1 saturated carbocycles. The van der Waals surface area contributed by atoms with Crippen molar-refractivity contribution in [1.29, 1.82) is 0 Å². The maximum Gasteiger partial charge on any atom is 0.335 e. The first kappa shape index (κ1) is 11.9. The normalized spacial score (nSPS) is 22.2. The molecule has 1 aromatic rings. The van der Waals surface area contributed by atoms with E-state index in [1.165, 1.54) is 19.3 Å². The maximum absolute atomic E-state index is 10.9. The Labute approximate surface area is 101 Å². The summed E-state index contributed by atoms with van der Waals surface area (Å²) in [7, 11) is 0. The van der Waals surface area contributed by atoms with Gasteiger partial charge in [-0.15, -0.1) is 0 Å². The van der Waals surface area contributed by atoms with Gasteiger partial charge in [-0.3, -0.25) is 0 Å². The van der Waals surface area contributed by atoms with Crippen LogP contribution in [0.4, 0.5) is 5.82 Å². The van der Waals surface area contributed by atoms with Crippen LogP contribution in [0.25, 0.3) is 0 Å². The number of aryl methyl sites for hydroxylation is 1. The fourth-order valence-electron chi connectivity index (χ4n) is 2.17. The van der Waals surface area contributed by atoms with Gasteiger partial charge in [-0.05, 0) is 37.8 Å².